The van der Waals surface area contributed by atoms with Crippen LogP contribution in [-0.4, -0.2) is 4.98 Å². The molecule has 0 radical (unpaired) electrons. The molecule has 0 saturated carbocycles. The van der Waals surface area contributed by atoms with Gasteiger partial charge in [0.05, 0.1) is 10.9 Å². The average Bonchev–Trinajstić information content (AvgIpc) is 2.87. The molecule has 1 heterocycles. The highest BCUT2D eigenvalue weighted by Crippen LogP contribution is 2.34. The first-order chi connectivity index (χ1) is 8.36. The number of nitrogens with zero attached hydrogens (tertiary/aromatic N) is 1. The van der Waals surface area contributed by atoms with Gasteiger partial charge in [-0.25, -0.2) is 4.98 Å². The molecule has 0 N–H and O–H groups in total. The average molecular weight is 264 g/mol. The van der Waals surface area contributed by atoms with E-state index in [0.29, 0.717) is 11.8 Å². The molecular weight excluding hydrogens is 250 g/mol. The number of benzene rings is 1. The van der Waals surface area contributed by atoms with Crippen molar-refractivity contribution >= 4 is 22.9 Å². The van der Waals surface area contributed by atoms with Crippen molar-refractivity contribution in [3.8, 4) is 0 Å². The fourth-order valence-corrected chi connectivity index (χ4v) is 3.62. The third kappa shape index (κ3) is 2.24. The molecule has 0 saturated heterocycles. The molecule has 2 aromatic rings. The highest BCUT2D eigenvalue weighted by molar-refractivity contribution is 7.11. The van der Waals surface area contributed by atoms with Crippen molar-refractivity contribution in [1.29, 1.82) is 0 Å². The molecule has 1 aliphatic carbocycles. The van der Waals surface area contributed by atoms with E-state index < -0.39 is 0 Å². The molecule has 1 aromatic heterocycles. The highest BCUT2D eigenvalue weighted by Gasteiger charge is 2.22. The van der Waals surface area contributed by atoms with Gasteiger partial charge in [0, 0.05) is 17.0 Å². The quantitative estimate of drug-likeness (QED) is 0.742. The number of halogens is 1. The zero-order valence-electron chi connectivity index (χ0n) is 9.53. The molecule has 3 rings (SSSR count). The van der Waals surface area contributed by atoms with Gasteiger partial charge in [-0.05, 0) is 30.4 Å². The smallest absolute Gasteiger partial charge is 0.0962 e. The Kier molecular flexibility index (Phi) is 3.17. The van der Waals surface area contributed by atoms with E-state index in [2.05, 4.69) is 29.2 Å². The Labute approximate surface area is 110 Å². The van der Waals surface area contributed by atoms with Crippen LogP contribution in [-0.2, 0) is 18.7 Å². The number of thiazole rings is 1. The molecule has 1 aromatic carbocycles. The lowest BCUT2D eigenvalue weighted by Gasteiger charge is -2.22. The van der Waals surface area contributed by atoms with Crippen LogP contribution in [0.2, 0.25) is 0 Å². The summed E-state index contributed by atoms with van der Waals surface area (Å²) in [5.74, 6) is 1.17. The molecule has 0 aliphatic heterocycles. The predicted octanol–water partition coefficient (Wildman–Crippen LogP) is 4.15. The number of fused-ring (bicyclic) bond motifs is 1. The van der Waals surface area contributed by atoms with Gasteiger partial charge in [0.15, 0.2) is 0 Å². The van der Waals surface area contributed by atoms with Crippen LogP contribution < -0.4 is 0 Å². The topological polar surface area (TPSA) is 12.9 Å². The van der Waals surface area contributed by atoms with Crippen molar-refractivity contribution < 1.29 is 0 Å². The molecule has 1 atom stereocenters. The molecule has 0 amide bonds. The van der Waals surface area contributed by atoms with Crippen molar-refractivity contribution in [2.24, 2.45) is 0 Å². The Morgan fingerprint density at radius 1 is 1.29 bits per heavy atom. The first-order valence-electron chi connectivity index (χ1n) is 5.94. The van der Waals surface area contributed by atoms with Gasteiger partial charge >= 0.3 is 0 Å². The van der Waals surface area contributed by atoms with Gasteiger partial charge in [-0.3, -0.25) is 0 Å². The third-order valence-corrected chi connectivity index (χ3v) is 5.01. The largest absolute Gasteiger partial charge is 0.249 e. The predicted molar refractivity (Wildman–Crippen MR) is 72.9 cm³/mol. The number of hydrogen-bond acceptors (Lipinski definition) is 2. The minimum absolute atomic E-state index is 0.584. The molecule has 1 aliphatic rings. The maximum Gasteiger partial charge on any atom is 0.0962 e. The maximum atomic E-state index is 5.83. The van der Waals surface area contributed by atoms with Gasteiger partial charge in [0.1, 0.15) is 0 Å². The van der Waals surface area contributed by atoms with Crippen LogP contribution in [0.4, 0.5) is 0 Å². The maximum absolute atomic E-state index is 5.83. The van der Waals surface area contributed by atoms with Crippen molar-refractivity contribution in [3.63, 3.8) is 0 Å². The Balaban J connectivity index is 1.84. The van der Waals surface area contributed by atoms with Gasteiger partial charge in [-0.15, -0.1) is 22.9 Å². The number of aromatic nitrogens is 1. The fourth-order valence-electron chi connectivity index (χ4n) is 2.48. The summed E-state index contributed by atoms with van der Waals surface area (Å²) in [6, 6.07) is 8.76. The Morgan fingerprint density at radius 3 is 2.88 bits per heavy atom. The Bertz CT molecular complexity index is 520. The van der Waals surface area contributed by atoms with Gasteiger partial charge in [0.2, 0.25) is 0 Å². The second kappa shape index (κ2) is 4.79. The van der Waals surface area contributed by atoms with Crippen LogP contribution in [0.1, 0.15) is 33.4 Å². The summed E-state index contributed by atoms with van der Waals surface area (Å²) in [5.41, 5.74) is 3.00. The van der Waals surface area contributed by atoms with Gasteiger partial charge in [0.25, 0.3) is 0 Å². The normalized spacial score (nSPS) is 19.0. The number of rotatable bonds is 2. The molecule has 0 fully saturated rings. The SMILES string of the molecule is ClCc1cnc(C2CCc3ccccc3C2)s1. The van der Waals surface area contributed by atoms with Crippen LogP contribution >= 0.6 is 22.9 Å². The van der Waals surface area contributed by atoms with E-state index in [9.17, 15) is 0 Å². The summed E-state index contributed by atoms with van der Waals surface area (Å²) in [6.07, 6.45) is 5.45. The second-order valence-corrected chi connectivity index (χ2v) is 5.92. The van der Waals surface area contributed by atoms with Crippen LogP contribution in [0.5, 0.6) is 0 Å². The van der Waals surface area contributed by atoms with Crippen molar-refractivity contribution in [3.05, 3.63) is 51.5 Å². The van der Waals surface area contributed by atoms with Gasteiger partial charge in [-0.1, -0.05) is 24.3 Å². The van der Waals surface area contributed by atoms with Crippen molar-refractivity contribution in [2.75, 3.05) is 0 Å². The third-order valence-electron chi connectivity index (χ3n) is 3.40. The monoisotopic (exact) mass is 263 g/mol. The first-order valence-corrected chi connectivity index (χ1v) is 7.29. The molecular formula is C14H14ClNS. The summed E-state index contributed by atoms with van der Waals surface area (Å²) in [6.45, 7) is 0. The minimum atomic E-state index is 0.584. The van der Waals surface area contributed by atoms with E-state index in [1.54, 1.807) is 11.3 Å². The lowest BCUT2D eigenvalue weighted by Crippen LogP contribution is -2.12. The minimum Gasteiger partial charge on any atom is -0.249 e. The molecule has 3 heteroatoms. The van der Waals surface area contributed by atoms with E-state index in [1.807, 2.05) is 6.20 Å². The van der Waals surface area contributed by atoms with Crippen LogP contribution in [0.15, 0.2) is 30.5 Å². The van der Waals surface area contributed by atoms with Crippen molar-refractivity contribution in [1.82, 2.24) is 4.98 Å². The molecule has 88 valence electrons. The molecule has 0 spiro atoms. The number of alkyl halides is 1. The van der Waals surface area contributed by atoms with Gasteiger partial charge in [-0.2, -0.15) is 0 Å². The van der Waals surface area contributed by atoms with E-state index in [1.165, 1.54) is 33.9 Å². The lowest BCUT2D eigenvalue weighted by molar-refractivity contribution is 0.582. The van der Waals surface area contributed by atoms with Crippen molar-refractivity contribution in [2.45, 2.75) is 31.1 Å². The highest BCUT2D eigenvalue weighted by atomic mass is 35.5. The zero-order chi connectivity index (χ0) is 11.7. The lowest BCUT2D eigenvalue weighted by atomic mass is 9.84. The Morgan fingerprint density at radius 2 is 2.12 bits per heavy atom. The molecule has 0 bridgehead atoms. The fraction of sp³-hybridized carbons (Fsp3) is 0.357. The first kappa shape index (κ1) is 11.2. The van der Waals surface area contributed by atoms with Crippen LogP contribution in [0.3, 0.4) is 0 Å². The molecule has 17 heavy (non-hydrogen) atoms. The summed E-state index contributed by atoms with van der Waals surface area (Å²) in [5, 5.41) is 1.26. The van der Waals surface area contributed by atoms with E-state index in [4.69, 9.17) is 11.6 Å². The van der Waals surface area contributed by atoms with Crippen LogP contribution in [0.25, 0.3) is 0 Å². The second-order valence-electron chi connectivity index (χ2n) is 4.51. The van der Waals surface area contributed by atoms with Gasteiger partial charge < -0.3 is 0 Å². The summed E-state index contributed by atoms with van der Waals surface area (Å²) < 4.78 is 0. The Hall–Kier alpha value is -0.860. The standard InChI is InChI=1S/C14H14ClNS/c15-8-13-9-16-14(17-13)12-6-5-10-3-1-2-4-11(10)7-12/h1-4,9,12H,5-8H2. The molecule has 1 unspecified atom stereocenters. The van der Waals surface area contributed by atoms with E-state index in [-0.39, 0.29) is 0 Å². The van der Waals surface area contributed by atoms with E-state index >= 15 is 0 Å². The summed E-state index contributed by atoms with van der Waals surface area (Å²) >= 11 is 7.60. The molecule has 1 nitrogen and oxygen atoms in total. The van der Waals surface area contributed by atoms with E-state index in [0.717, 1.165) is 6.42 Å². The summed E-state index contributed by atoms with van der Waals surface area (Å²) in [7, 11) is 0. The number of aryl methyl sites for hydroxylation is 1. The summed E-state index contributed by atoms with van der Waals surface area (Å²) in [4.78, 5) is 5.70. The zero-order valence-corrected chi connectivity index (χ0v) is 11.1. The van der Waals surface area contributed by atoms with Crippen LogP contribution in [0, 0.1) is 0 Å². The number of hydrogen-bond donors (Lipinski definition) is 0.